The van der Waals surface area contributed by atoms with E-state index in [1.54, 1.807) is 6.92 Å². The number of hydrogen-bond donors (Lipinski definition) is 1. The highest BCUT2D eigenvalue weighted by molar-refractivity contribution is 5.93. The van der Waals surface area contributed by atoms with Gasteiger partial charge in [0.05, 0.1) is 17.9 Å². The van der Waals surface area contributed by atoms with Crippen molar-refractivity contribution in [3.05, 3.63) is 54.4 Å². The van der Waals surface area contributed by atoms with E-state index in [0.717, 1.165) is 29.8 Å². The van der Waals surface area contributed by atoms with Gasteiger partial charge in [-0.15, -0.1) is 0 Å². The number of nitrogens with zero attached hydrogens (tertiary/aromatic N) is 2. The molecule has 2 heterocycles. The molecule has 1 aliphatic heterocycles. The Morgan fingerprint density at radius 2 is 2.00 bits per heavy atom. The molecule has 2 aromatic rings. The van der Waals surface area contributed by atoms with Crippen LogP contribution >= 0.6 is 0 Å². The van der Waals surface area contributed by atoms with Crippen LogP contribution in [0.4, 0.5) is 11.4 Å². The van der Waals surface area contributed by atoms with Crippen LogP contribution in [0.15, 0.2) is 48.8 Å². The first kappa shape index (κ1) is 16.5. The van der Waals surface area contributed by atoms with E-state index in [1.165, 1.54) is 0 Å². The first-order valence-corrected chi connectivity index (χ1v) is 8.68. The molecular weight excluding hydrogens is 298 g/mol. The Morgan fingerprint density at radius 1 is 1.25 bits per heavy atom. The van der Waals surface area contributed by atoms with Crippen molar-refractivity contribution >= 4 is 17.3 Å². The zero-order valence-electron chi connectivity index (χ0n) is 14.6. The monoisotopic (exact) mass is 323 g/mol. The summed E-state index contributed by atoms with van der Waals surface area (Å²) < 4.78 is 0. The summed E-state index contributed by atoms with van der Waals surface area (Å²) in [6.45, 7) is 6.06. The molecule has 4 heteroatoms. The summed E-state index contributed by atoms with van der Waals surface area (Å²) in [4.78, 5) is 18.5. The lowest BCUT2D eigenvalue weighted by molar-refractivity contribution is -0.117. The molecule has 4 nitrogen and oxygen atoms in total. The van der Waals surface area contributed by atoms with Crippen molar-refractivity contribution in [1.29, 1.82) is 0 Å². The van der Waals surface area contributed by atoms with Gasteiger partial charge in [-0.1, -0.05) is 38.5 Å². The maximum atomic E-state index is 12.3. The number of amides is 1. The first-order valence-electron chi connectivity index (χ1n) is 8.68. The maximum Gasteiger partial charge on any atom is 0.224 e. The Hall–Kier alpha value is -2.36. The number of carbonyl (C=O) groups excluding carboxylic acids is 1. The number of rotatable bonds is 4. The fourth-order valence-electron chi connectivity index (χ4n) is 3.79. The third-order valence-electron chi connectivity index (χ3n) is 4.91. The molecule has 24 heavy (non-hydrogen) atoms. The summed E-state index contributed by atoms with van der Waals surface area (Å²) in [6.07, 6.45) is 5.67. The zero-order chi connectivity index (χ0) is 17.1. The van der Waals surface area contributed by atoms with Crippen LogP contribution in [-0.4, -0.2) is 16.9 Å². The lowest BCUT2D eigenvalue weighted by Crippen LogP contribution is -2.50. The van der Waals surface area contributed by atoms with Crippen LogP contribution in [-0.2, 0) is 4.79 Å². The fourth-order valence-corrected chi connectivity index (χ4v) is 3.79. The van der Waals surface area contributed by atoms with E-state index in [2.05, 4.69) is 36.3 Å². The van der Waals surface area contributed by atoms with Gasteiger partial charge in [0.1, 0.15) is 0 Å². The van der Waals surface area contributed by atoms with Crippen LogP contribution in [0.1, 0.15) is 45.2 Å². The highest BCUT2D eigenvalue weighted by atomic mass is 16.2. The molecule has 0 fully saturated rings. The molecule has 0 saturated heterocycles. The minimum atomic E-state index is 0.0905. The van der Waals surface area contributed by atoms with Gasteiger partial charge >= 0.3 is 0 Å². The summed E-state index contributed by atoms with van der Waals surface area (Å²) >= 11 is 0. The van der Waals surface area contributed by atoms with E-state index in [-0.39, 0.29) is 18.0 Å². The van der Waals surface area contributed by atoms with E-state index in [1.807, 2.05) is 41.6 Å². The van der Waals surface area contributed by atoms with Crippen molar-refractivity contribution in [2.45, 2.75) is 45.7 Å². The summed E-state index contributed by atoms with van der Waals surface area (Å²) in [5, 5.41) is 3.67. The highest BCUT2D eigenvalue weighted by Gasteiger charge is 2.39. The predicted molar refractivity (Wildman–Crippen MR) is 98.1 cm³/mol. The highest BCUT2D eigenvalue weighted by Crippen LogP contribution is 2.43. The first-order chi connectivity index (χ1) is 11.6. The van der Waals surface area contributed by atoms with Crippen molar-refractivity contribution < 1.29 is 4.79 Å². The average Bonchev–Trinajstić information content (AvgIpc) is 2.59. The summed E-state index contributed by atoms with van der Waals surface area (Å²) in [5.74, 6) is 0.400. The molecule has 0 saturated carbocycles. The molecule has 0 aliphatic carbocycles. The van der Waals surface area contributed by atoms with Gasteiger partial charge in [0.2, 0.25) is 5.91 Å². The molecule has 1 N–H and O–H groups in total. The number of hydrogen-bond acceptors (Lipinski definition) is 3. The number of anilines is 2. The van der Waals surface area contributed by atoms with E-state index in [4.69, 9.17) is 0 Å². The second-order valence-corrected chi connectivity index (χ2v) is 6.53. The van der Waals surface area contributed by atoms with Gasteiger partial charge in [-0.3, -0.25) is 9.78 Å². The van der Waals surface area contributed by atoms with Gasteiger partial charge in [-0.05, 0) is 24.6 Å². The molecule has 0 unspecified atom stereocenters. The summed E-state index contributed by atoms with van der Waals surface area (Å²) in [5.41, 5.74) is 3.18. The Bertz CT molecular complexity index is 701. The van der Waals surface area contributed by atoms with Crippen molar-refractivity contribution in [3.63, 3.8) is 0 Å². The number of nitrogens with one attached hydrogen (secondary N) is 1. The van der Waals surface area contributed by atoms with Crippen LogP contribution < -0.4 is 10.2 Å². The quantitative estimate of drug-likeness (QED) is 0.906. The number of aromatic nitrogens is 1. The molecule has 126 valence electrons. The van der Waals surface area contributed by atoms with Crippen LogP contribution in [0.25, 0.3) is 0 Å². The van der Waals surface area contributed by atoms with Crippen LogP contribution in [0.5, 0.6) is 0 Å². The molecule has 1 aliphatic rings. The standard InChI is InChI=1S/C20H25N3O/c1-4-8-18-14(2)20(22-16-9-6-5-7-10-16)17-11-12-21-13-19(17)23(18)15(3)24/h5-7,9-14,18,20,22H,4,8H2,1-3H3/t14-,18-,20+/m0/s1. The Morgan fingerprint density at radius 3 is 2.67 bits per heavy atom. The third-order valence-corrected chi connectivity index (χ3v) is 4.91. The molecule has 1 aromatic heterocycles. The van der Waals surface area contributed by atoms with Gasteiger partial charge in [-0.25, -0.2) is 0 Å². The second-order valence-electron chi connectivity index (χ2n) is 6.53. The van der Waals surface area contributed by atoms with Crippen LogP contribution in [0.2, 0.25) is 0 Å². The topological polar surface area (TPSA) is 45.2 Å². The van der Waals surface area contributed by atoms with Gasteiger partial charge < -0.3 is 10.2 Å². The second kappa shape index (κ2) is 7.04. The van der Waals surface area contributed by atoms with Gasteiger partial charge in [0.25, 0.3) is 0 Å². The number of pyridine rings is 1. The molecule has 1 aromatic carbocycles. The number of benzene rings is 1. The van der Waals surface area contributed by atoms with Crippen molar-refractivity contribution in [2.75, 3.05) is 10.2 Å². The summed E-state index contributed by atoms with van der Waals surface area (Å²) in [7, 11) is 0. The van der Waals surface area contributed by atoms with Crippen molar-refractivity contribution in [3.8, 4) is 0 Å². The third kappa shape index (κ3) is 3.01. The average molecular weight is 323 g/mol. The maximum absolute atomic E-state index is 12.3. The van der Waals surface area contributed by atoms with E-state index in [9.17, 15) is 4.79 Å². The zero-order valence-corrected chi connectivity index (χ0v) is 14.6. The SMILES string of the molecule is CCC[C@H]1[C@H](C)[C@@H](Nc2ccccc2)c2ccncc2N1C(C)=O. The number of para-hydroxylation sites is 1. The predicted octanol–water partition coefficient (Wildman–Crippen LogP) is 4.41. The van der Waals surface area contributed by atoms with E-state index < -0.39 is 0 Å². The fraction of sp³-hybridized carbons (Fsp3) is 0.400. The minimum Gasteiger partial charge on any atom is -0.378 e. The van der Waals surface area contributed by atoms with E-state index >= 15 is 0 Å². The molecular formula is C20H25N3O. The summed E-state index contributed by atoms with van der Waals surface area (Å²) in [6, 6.07) is 12.6. The smallest absolute Gasteiger partial charge is 0.224 e. The van der Waals surface area contributed by atoms with Crippen molar-refractivity contribution in [1.82, 2.24) is 4.98 Å². The largest absolute Gasteiger partial charge is 0.378 e. The normalized spacial score (nSPS) is 22.8. The molecule has 0 radical (unpaired) electrons. The molecule has 0 bridgehead atoms. The van der Waals surface area contributed by atoms with Crippen LogP contribution in [0, 0.1) is 5.92 Å². The van der Waals surface area contributed by atoms with Crippen molar-refractivity contribution in [2.24, 2.45) is 5.92 Å². The number of fused-ring (bicyclic) bond motifs is 1. The van der Waals surface area contributed by atoms with Gasteiger partial charge in [-0.2, -0.15) is 0 Å². The van der Waals surface area contributed by atoms with Gasteiger partial charge in [0.15, 0.2) is 0 Å². The molecule has 1 amide bonds. The molecule has 3 rings (SSSR count). The Kier molecular flexibility index (Phi) is 4.84. The van der Waals surface area contributed by atoms with Crippen LogP contribution in [0.3, 0.4) is 0 Å². The number of carbonyl (C=O) groups is 1. The Balaban J connectivity index is 2.04. The van der Waals surface area contributed by atoms with E-state index in [0.29, 0.717) is 5.92 Å². The lowest BCUT2D eigenvalue weighted by atomic mass is 9.80. The minimum absolute atomic E-state index is 0.0905. The molecule has 0 spiro atoms. The van der Waals surface area contributed by atoms with Gasteiger partial charge in [0, 0.05) is 36.3 Å². The molecule has 3 atom stereocenters. The lowest BCUT2D eigenvalue weighted by Gasteiger charge is -2.45. The Labute approximate surface area is 143 Å².